The molecule has 1 fully saturated rings. The van der Waals surface area contributed by atoms with E-state index in [1.807, 2.05) is 6.20 Å². The smallest absolute Gasteiger partial charge is 0.180 e. The average Bonchev–Trinajstić information content (AvgIpc) is 2.96. The van der Waals surface area contributed by atoms with Crippen LogP contribution >= 0.6 is 11.3 Å². The predicted molar refractivity (Wildman–Crippen MR) is 97.4 cm³/mol. The third-order valence-electron chi connectivity index (χ3n) is 4.49. The summed E-state index contributed by atoms with van der Waals surface area (Å²) in [4.78, 5) is 10.6. The Kier molecular flexibility index (Phi) is 5.65. The maximum absolute atomic E-state index is 5.75. The van der Waals surface area contributed by atoms with Gasteiger partial charge in [-0.25, -0.2) is 4.98 Å². The first-order valence-electron chi connectivity index (χ1n) is 8.45. The van der Waals surface area contributed by atoms with Crippen LogP contribution < -0.4 is 5.73 Å². The number of benzene rings is 1. The zero-order chi connectivity index (χ0) is 16.1. The number of hydrogen-bond acceptors (Lipinski definition) is 5. The molecule has 0 amide bonds. The molecule has 0 spiro atoms. The van der Waals surface area contributed by atoms with Crippen LogP contribution in [0.1, 0.15) is 30.2 Å². The molecule has 0 bridgehead atoms. The normalized spacial score (nSPS) is 20.0. The molecule has 5 heteroatoms. The van der Waals surface area contributed by atoms with Crippen LogP contribution in [0.4, 0.5) is 5.13 Å². The summed E-state index contributed by atoms with van der Waals surface area (Å²) in [5.74, 6) is 0. The summed E-state index contributed by atoms with van der Waals surface area (Å²) in [6.45, 7) is 7.71. The lowest BCUT2D eigenvalue weighted by atomic mass is 10.1. The Morgan fingerprint density at radius 2 is 2.04 bits per heavy atom. The molecule has 2 aromatic rings. The van der Waals surface area contributed by atoms with Crippen LogP contribution in [-0.4, -0.2) is 40.5 Å². The second-order valence-electron chi connectivity index (χ2n) is 6.30. The van der Waals surface area contributed by atoms with Gasteiger partial charge in [0.2, 0.25) is 0 Å². The van der Waals surface area contributed by atoms with E-state index in [0.717, 1.165) is 32.7 Å². The number of anilines is 1. The van der Waals surface area contributed by atoms with Crippen molar-refractivity contribution < 1.29 is 0 Å². The maximum atomic E-state index is 5.75. The van der Waals surface area contributed by atoms with Gasteiger partial charge in [-0.3, -0.25) is 9.80 Å². The van der Waals surface area contributed by atoms with Gasteiger partial charge in [0.05, 0.1) is 0 Å². The Morgan fingerprint density at radius 3 is 2.74 bits per heavy atom. The predicted octanol–water partition coefficient (Wildman–Crippen LogP) is 3.21. The van der Waals surface area contributed by atoms with Crippen molar-refractivity contribution in [3.63, 3.8) is 0 Å². The fourth-order valence-corrected chi connectivity index (χ4v) is 4.08. The van der Waals surface area contributed by atoms with Gasteiger partial charge in [0, 0.05) is 49.8 Å². The molecular weight excluding hydrogens is 304 g/mol. The van der Waals surface area contributed by atoms with Crippen molar-refractivity contribution in [2.45, 2.75) is 38.9 Å². The average molecular weight is 331 g/mol. The number of rotatable bonds is 6. The molecule has 1 aromatic heterocycles. The Balaban J connectivity index is 1.61. The lowest BCUT2D eigenvalue weighted by Gasteiger charge is -2.41. The first-order valence-corrected chi connectivity index (χ1v) is 9.26. The third-order valence-corrected chi connectivity index (χ3v) is 5.30. The topological polar surface area (TPSA) is 45.4 Å². The third kappa shape index (κ3) is 4.53. The highest BCUT2D eigenvalue weighted by Crippen LogP contribution is 2.22. The summed E-state index contributed by atoms with van der Waals surface area (Å²) < 4.78 is 0. The zero-order valence-corrected chi connectivity index (χ0v) is 14.6. The van der Waals surface area contributed by atoms with E-state index in [1.54, 1.807) is 11.3 Å². The number of piperazine rings is 1. The van der Waals surface area contributed by atoms with E-state index in [4.69, 9.17) is 5.73 Å². The minimum atomic E-state index is 0.638. The van der Waals surface area contributed by atoms with Crippen LogP contribution in [0.5, 0.6) is 0 Å². The SMILES string of the molecule is CCCC1CN(Cc2cnc(N)s2)CCN1Cc1ccccc1. The van der Waals surface area contributed by atoms with Gasteiger partial charge in [0.25, 0.3) is 0 Å². The minimum Gasteiger partial charge on any atom is -0.375 e. The fraction of sp³-hybridized carbons (Fsp3) is 0.500. The van der Waals surface area contributed by atoms with Gasteiger partial charge in [0.1, 0.15) is 0 Å². The van der Waals surface area contributed by atoms with Crippen LogP contribution in [0.2, 0.25) is 0 Å². The molecule has 124 valence electrons. The molecule has 3 rings (SSSR count). The van der Waals surface area contributed by atoms with Crippen LogP contribution in [0, 0.1) is 0 Å². The van der Waals surface area contributed by atoms with Crippen LogP contribution in [0.3, 0.4) is 0 Å². The van der Waals surface area contributed by atoms with Crippen LogP contribution in [-0.2, 0) is 13.1 Å². The van der Waals surface area contributed by atoms with Crippen molar-refractivity contribution in [2.24, 2.45) is 0 Å². The number of thiazole rings is 1. The van der Waals surface area contributed by atoms with Gasteiger partial charge >= 0.3 is 0 Å². The first-order chi connectivity index (χ1) is 11.2. The quantitative estimate of drug-likeness (QED) is 0.883. The summed E-state index contributed by atoms with van der Waals surface area (Å²) >= 11 is 1.61. The number of hydrogen-bond donors (Lipinski definition) is 1. The fourth-order valence-electron chi connectivity index (χ4n) is 3.35. The Labute approximate surface area is 142 Å². The van der Waals surface area contributed by atoms with E-state index in [-0.39, 0.29) is 0 Å². The van der Waals surface area contributed by atoms with Gasteiger partial charge < -0.3 is 5.73 Å². The maximum Gasteiger partial charge on any atom is 0.180 e. The number of nitrogens with zero attached hydrogens (tertiary/aromatic N) is 3. The van der Waals surface area contributed by atoms with Crippen molar-refractivity contribution in [3.05, 3.63) is 47.0 Å². The van der Waals surface area contributed by atoms with Crippen molar-refractivity contribution in [1.29, 1.82) is 0 Å². The van der Waals surface area contributed by atoms with Crippen molar-refractivity contribution in [3.8, 4) is 0 Å². The van der Waals surface area contributed by atoms with Gasteiger partial charge in [-0.15, -0.1) is 11.3 Å². The molecule has 1 aromatic carbocycles. The van der Waals surface area contributed by atoms with Crippen molar-refractivity contribution in [2.75, 3.05) is 25.4 Å². The second-order valence-corrected chi connectivity index (χ2v) is 7.45. The summed E-state index contributed by atoms with van der Waals surface area (Å²) in [5.41, 5.74) is 7.16. The lowest BCUT2D eigenvalue weighted by molar-refractivity contribution is 0.0597. The molecule has 2 N–H and O–H groups in total. The molecule has 1 saturated heterocycles. The Morgan fingerprint density at radius 1 is 1.22 bits per heavy atom. The number of aromatic nitrogens is 1. The molecule has 0 aliphatic carbocycles. The van der Waals surface area contributed by atoms with E-state index < -0.39 is 0 Å². The summed E-state index contributed by atoms with van der Waals surface area (Å²) in [5, 5.41) is 0.674. The zero-order valence-electron chi connectivity index (χ0n) is 13.8. The molecule has 2 heterocycles. The summed E-state index contributed by atoms with van der Waals surface area (Å²) in [7, 11) is 0. The molecule has 1 atom stereocenters. The largest absolute Gasteiger partial charge is 0.375 e. The molecule has 1 unspecified atom stereocenters. The van der Waals surface area contributed by atoms with Crippen LogP contribution in [0.25, 0.3) is 0 Å². The van der Waals surface area contributed by atoms with Crippen molar-refractivity contribution >= 4 is 16.5 Å². The highest BCUT2D eigenvalue weighted by Gasteiger charge is 2.26. The van der Waals surface area contributed by atoms with Gasteiger partial charge in [-0.05, 0) is 12.0 Å². The minimum absolute atomic E-state index is 0.638. The molecule has 0 saturated carbocycles. The molecule has 1 aliphatic heterocycles. The number of nitrogen functional groups attached to an aromatic ring is 1. The van der Waals surface area contributed by atoms with Crippen molar-refractivity contribution in [1.82, 2.24) is 14.8 Å². The first kappa shape index (κ1) is 16.4. The summed E-state index contributed by atoms with van der Waals surface area (Å²) in [6.07, 6.45) is 4.41. The monoisotopic (exact) mass is 330 g/mol. The summed E-state index contributed by atoms with van der Waals surface area (Å²) in [6, 6.07) is 11.5. The highest BCUT2D eigenvalue weighted by atomic mass is 32.1. The standard InChI is InChI=1S/C18H26N4S/c1-2-6-16-13-21(14-17-11-20-18(19)23-17)9-10-22(16)12-15-7-4-3-5-8-15/h3-5,7-8,11,16H,2,6,9-10,12-14H2,1H3,(H2,19,20). The highest BCUT2D eigenvalue weighted by molar-refractivity contribution is 7.15. The second kappa shape index (κ2) is 7.90. The van der Waals surface area contributed by atoms with E-state index in [0.29, 0.717) is 11.2 Å². The van der Waals surface area contributed by atoms with Crippen LogP contribution in [0.15, 0.2) is 36.5 Å². The van der Waals surface area contributed by atoms with Gasteiger partial charge in [-0.2, -0.15) is 0 Å². The lowest BCUT2D eigenvalue weighted by Crippen LogP contribution is -2.52. The molecule has 1 aliphatic rings. The Bertz CT molecular complexity index is 598. The van der Waals surface area contributed by atoms with Gasteiger partial charge in [0.15, 0.2) is 5.13 Å². The Hall–Kier alpha value is -1.43. The van der Waals surface area contributed by atoms with E-state index in [9.17, 15) is 0 Å². The van der Waals surface area contributed by atoms with E-state index >= 15 is 0 Å². The molecule has 23 heavy (non-hydrogen) atoms. The van der Waals surface area contributed by atoms with E-state index in [1.165, 1.54) is 23.3 Å². The van der Waals surface area contributed by atoms with E-state index in [2.05, 4.69) is 52.0 Å². The van der Waals surface area contributed by atoms with Gasteiger partial charge in [-0.1, -0.05) is 43.7 Å². The molecule has 0 radical (unpaired) electrons. The molecule has 4 nitrogen and oxygen atoms in total. The molecular formula is C18H26N4S. The number of nitrogens with two attached hydrogens (primary N) is 1.